The van der Waals surface area contributed by atoms with E-state index >= 15 is 0 Å². The molecule has 1 aromatic heterocycles. The Morgan fingerprint density at radius 3 is 2.65 bits per heavy atom. The summed E-state index contributed by atoms with van der Waals surface area (Å²) in [5.41, 5.74) is 0. The standard InChI is InChI=1S/C13H26N4/c1-6-12(9-15-11(2)3)17(5)10-13-14-7-8-16(13)4/h7-8,11-12,15H,6,9-10H2,1-5H3. The summed E-state index contributed by atoms with van der Waals surface area (Å²) in [5, 5.41) is 3.50. The Hall–Kier alpha value is -0.870. The van der Waals surface area contributed by atoms with Crippen molar-refractivity contribution >= 4 is 0 Å². The molecular formula is C13H26N4. The van der Waals surface area contributed by atoms with Crippen molar-refractivity contribution in [2.75, 3.05) is 13.6 Å². The first-order chi connectivity index (χ1) is 8.04. The molecule has 1 rings (SSSR count). The maximum Gasteiger partial charge on any atom is 0.122 e. The van der Waals surface area contributed by atoms with Crippen molar-refractivity contribution in [2.24, 2.45) is 7.05 Å². The van der Waals surface area contributed by atoms with Crippen LogP contribution in [-0.2, 0) is 13.6 Å². The Labute approximate surface area is 105 Å². The Morgan fingerprint density at radius 2 is 2.18 bits per heavy atom. The van der Waals surface area contributed by atoms with E-state index in [9.17, 15) is 0 Å². The van der Waals surface area contributed by atoms with Gasteiger partial charge in [0.05, 0.1) is 6.54 Å². The van der Waals surface area contributed by atoms with Gasteiger partial charge in [-0.15, -0.1) is 0 Å². The van der Waals surface area contributed by atoms with Gasteiger partial charge >= 0.3 is 0 Å². The van der Waals surface area contributed by atoms with E-state index < -0.39 is 0 Å². The van der Waals surface area contributed by atoms with Gasteiger partial charge in [0, 0.05) is 38.1 Å². The van der Waals surface area contributed by atoms with Crippen molar-refractivity contribution in [3.05, 3.63) is 18.2 Å². The van der Waals surface area contributed by atoms with E-state index in [1.807, 2.05) is 19.4 Å². The maximum absolute atomic E-state index is 4.37. The molecule has 1 heterocycles. The number of aryl methyl sites for hydroxylation is 1. The molecule has 1 unspecified atom stereocenters. The third kappa shape index (κ3) is 4.48. The lowest BCUT2D eigenvalue weighted by Gasteiger charge is -2.28. The summed E-state index contributed by atoms with van der Waals surface area (Å²) >= 11 is 0. The van der Waals surface area contributed by atoms with Crippen molar-refractivity contribution in [1.82, 2.24) is 19.8 Å². The fraction of sp³-hybridized carbons (Fsp3) is 0.769. The molecule has 4 heteroatoms. The molecule has 0 aliphatic carbocycles. The molecule has 0 aliphatic rings. The second-order valence-electron chi connectivity index (χ2n) is 4.99. The minimum Gasteiger partial charge on any atom is -0.337 e. The highest BCUT2D eigenvalue weighted by Crippen LogP contribution is 2.06. The Morgan fingerprint density at radius 1 is 1.47 bits per heavy atom. The predicted octanol–water partition coefficient (Wildman–Crippen LogP) is 1.63. The van der Waals surface area contributed by atoms with Crippen LogP contribution in [0.4, 0.5) is 0 Å². The van der Waals surface area contributed by atoms with Crippen molar-refractivity contribution in [2.45, 2.75) is 45.8 Å². The minimum atomic E-state index is 0.547. The Bertz CT molecular complexity index is 319. The van der Waals surface area contributed by atoms with Crippen LogP contribution in [0, 0.1) is 0 Å². The summed E-state index contributed by atoms with van der Waals surface area (Å²) < 4.78 is 2.08. The van der Waals surface area contributed by atoms with Crippen LogP contribution in [0.5, 0.6) is 0 Å². The summed E-state index contributed by atoms with van der Waals surface area (Å²) in [7, 11) is 4.22. The monoisotopic (exact) mass is 238 g/mol. The van der Waals surface area contributed by atoms with Gasteiger partial charge < -0.3 is 9.88 Å². The number of nitrogens with one attached hydrogen (secondary N) is 1. The number of imidazole rings is 1. The van der Waals surface area contributed by atoms with Crippen molar-refractivity contribution in [3.8, 4) is 0 Å². The van der Waals surface area contributed by atoms with Gasteiger partial charge in [-0.3, -0.25) is 4.90 Å². The number of aromatic nitrogens is 2. The van der Waals surface area contributed by atoms with Crippen LogP contribution in [0.25, 0.3) is 0 Å². The number of hydrogen-bond donors (Lipinski definition) is 1. The average Bonchev–Trinajstić information content (AvgIpc) is 2.65. The zero-order valence-corrected chi connectivity index (χ0v) is 11.8. The predicted molar refractivity (Wildman–Crippen MR) is 71.9 cm³/mol. The van der Waals surface area contributed by atoms with Gasteiger partial charge in [0.15, 0.2) is 0 Å². The molecule has 0 saturated heterocycles. The van der Waals surface area contributed by atoms with E-state index in [0.29, 0.717) is 12.1 Å². The lowest BCUT2D eigenvalue weighted by atomic mass is 10.2. The first kappa shape index (κ1) is 14.2. The van der Waals surface area contributed by atoms with Gasteiger partial charge in [-0.1, -0.05) is 20.8 Å². The van der Waals surface area contributed by atoms with Crippen LogP contribution in [-0.4, -0.2) is 40.1 Å². The zero-order chi connectivity index (χ0) is 12.8. The average molecular weight is 238 g/mol. The molecule has 0 bridgehead atoms. The quantitative estimate of drug-likeness (QED) is 0.784. The molecule has 17 heavy (non-hydrogen) atoms. The number of hydrogen-bond acceptors (Lipinski definition) is 3. The van der Waals surface area contributed by atoms with E-state index in [0.717, 1.165) is 25.3 Å². The lowest BCUT2D eigenvalue weighted by molar-refractivity contribution is 0.211. The second kappa shape index (κ2) is 6.77. The second-order valence-corrected chi connectivity index (χ2v) is 4.99. The summed E-state index contributed by atoms with van der Waals surface area (Å²) in [4.78, 5) is 6.74. The smallest absolute Gasteiger partial charge is 0.122 e. The van der Waals surface area contributed by atoms with Crippen LogP contribution in [0.2, 0.25) is 0 Å². The third-order valence-electron chi connectivity index (χ3n) is 3.17. The Balaban J connectivity index is 2.49. The van der Waals surface area contributed by atoms with Crippen molar-refractivity contribution in [1.29, 1.82) is 0 Å². The SMILES string of the molecule is CCC(CNC(C)C)N(C)Cc1nccn1C. The molecule has 0 aliphatic heterocycles. The fourth-order valence-corrected chi connectivity index (χ4v) is 1.88. The highest BCUT2D eigenvalue weighted by Gasteiger charge is 2.14. The normalized spacial score (nSPS) is 13.6. The fourth-order valence-electron chi connectivity index (χ4n) is 1.88. The summed E-state index contributed by atoms with van der Waals surface area (Å²) in [6.07, 6.45) is 5.01. The molecule has 0 fully saturated rings. The summed E-state index contributed by atoms with van der Waals surface area (Å²) in [5.74, 6) is 1.12. The van der Waals surface area contributed by atoms with E-state index in [4.69, 9.17) is 0 Å². The van der Waals surface area contributed by atoms with Gasteiger partial charge in [-0.05, 0) is 13.5 Å². The number of likely N-dealkylation sites (N-methyl/N-ethyl adjacent to an activating group) is 1. The van der Waals surface area contributed by atoms with Crippen LogP contribution in [0.3, 0.4) is 0 Å². The maximum atomic E-state index is 4.37. The molecule has 0 amide bonds. The first-order valence-electron chi connectivity index (χ1n) is 6.44. The van der Waals surface area contributed by atoms with E-state index in [-0.39, 0.29) is 0 Å². The summed E-state index contributed by atoms with van der Waals surface area (Å²) in [6, 6.07) is 1.11. The van der Waals surface area contributed by atoms with Gasteiger partial charge in [-0.2, -0.15) is 0 Å². The Kier molecular flexibility index (Phi) is 5.65. The van der Waals surface area contributed by atoms with E-state index in [1.165, 1.54) is 0 Å². The van der Waals surface area contributed by atoms with Crippen molar-refractivity contribution in [3.63, 3.8) is 0 Å². The molecule has 0 spiro atoms. The van der Waals surface area contributed by atoms with Crippen LogP contribution < -0.4 is 5.32 Å². The molecule has 0 saturated carbocycles. The molecule has 0 radical (unpaired) electrons. The van der Waals surface area contributed by atoms with Crippen LogP contribution >= 0.6 is 0 Å². The molecule has 98 valence electrons. The molecule has 1 atom stereocenters. The van der Waals surface area contributed by atoms with Gasteiger partial charge in [-0.25, -0.2) is 4.98 Å². The van der Waals surface area contributed by atoms with Crippen LogP contribution in [0.1, 0.15) is 33.0 Å². The molecule has 1 N–H and O–H groups in total. The molecule has 1 aromatic rings. The number of nitrogens with zero attached hydrogens (tertiary/aromatic N) is 3. The van der Waals surface area contributed by atoms with Crippen molar-refractivity contribution < 1.29 is 0 Å². The lowest BCUT2D eigenvalue weighted by Crippen LogP contribution is -2.41. The highest BCUT2D eigenvalue weighted by molar-refractivity contribution is 4.91. The van der Waals surface area contributed by atoms with Gasteiger partial charge in [0.2, 0.25) is 0 Å². The third-order valence-corrected chi connectivity index (χ3v) is 3.17. The summed E-state index contributed by atoms with van der Waals surface area (Å²) in [6.45, 7) is 8.55. The topological polar surface area (TPSA) is 33.1 Å². The molecular weight excluding hydrogens is 212 g/mol. The van der Waals surface area contributed by atoms with Gasteiger partial charge in [0.1, 0.15) is 5.82 Å². The van der Waals surface area contributed by atoms with Crippen LogP contribution in [0.15, 0.2) is 12.4 Å². The highest BCUT2D eigenvalue weighted by atomic mass is 15.2. The first-order valence-corrected chi connectivity index (χ1v) is 6.44. The number of rotatable bonds is 7. The molecule has 4 nitrogen and oxygen atoms in total. The minimum absolute atomic E-state index is 0.547. The zero-order valence-electron chi connectivity index (χ0n) is 11.8. The van der Waals surface area contributed by atoms with E-state index in [1.54, 1.807) is 0 Å². The van der Waals surface area contributed by atoms with E-state index in [2.05, 4.69) is 47.6 Å². The van der Waals surface area contributed by atoms with Gasteiger partial charge in [0.25, 0.3) is 0 Å². The largest absolute Gasteiger partial charge is 0.337 e. The molecule has 0 aromatic carbocycles.